The number of carbonyl (C=O) groups excluding carboxylic acids is 2. The molecule has 2 saturated heterocycles. The molecule has 0 unspecified atom stereocenters. The fourth-order valence-electron chi connectivity index (χ4n) is 3.61. The first-order valence-electron chi connectivity index (χ1n) is 8.91. The fourth-order valence-corrected chi connectivity index (χ4v) is 3.61. The monoisotopic (exact) mass is 338 g/mol. The van der Waals surface area contributed by atoms with Crippen molar-refractivity contribution >= 4 is 22.6 Å². The number of piperazine rings is 1. The zero-order chi connectivity index (χ0) is 17.2. The first kappa shape index (κ1) is 16.1. The summed E-state index contributed by atoms with van der Waals surface area (Å²) in [5, 5.41) is 2.20. The molecule has 0 radical (unpaired) electrons. The van der Waals surface area contributed by atoms with Gasteiger partial charge in [0.15, 0.2) is 0 Å². The van der Waals surface area contributed by atoms with Gasteiger partial charge < -0.3 is 14.5 Å². The molecule has 0 aromatic heterocycles. The van der Waals surface area contributed by atoms with Crippen molar-refractivity contribution in [1.29, 1.82) is 0 Å². The predicted octanol–water partition coefficient (Wildman–Crippen LogP) is 2.30. The molecular formula is C20H22N2O3. The highest BCUT2D eigenvalue weighted by atomic mass is 16.5. The van der Waals surface area contributed by atoms with Crippen molar-refractivity contribution in [2.24, 2.45) is 0 Å². The van der Waals surface area contributed by atoms with Crippen LogP contribution in [0.15, 0.2) is 42.5 Å². The van der Waals surface area contributed by atoms with Crippen molar-refractivity contribution in [3.05, 3.63) is 48.0 Å². The molecule has 2 aliphatic heterocycles. The second-order valence-corrected chi connectivity index (χ2v) is 6.68. The average Bonchev–Trinajstić information content (AvgIpc) is 3.21. The number of nitrogens with zero attached hydrogens (tertiary/aromatic N) is 2. The van der Waals surface area contributed by atoms with Crippen LogP contribution >= 0.6 is 0 Å². The van der Waals surface area contributed by atoms with Gasteiger partial charge in [-0.25, -0.2) is 0 Å². The van der Waals surface area contributed by atoms with E-state index in [1.807, 2.05) is 52.3 Å². The molecule has 4 rings (SSSR count). The Kier molecular flexibility index (Phi) is 4.40. The molecule has 5 nitrogen and oxygen atoms in total. The highest BCUT2D eigenvalue weighted by Crippen LogP contribution is 2.19. The van der Waals surface area contributed by atoms with Crippen LogP contribution in [0.3, 0.4) is 0 Å². The van der Waals surface area contributed by atoms with Crippen molar-refractivity contribution in [3.63, 3.8) is 0 Å². The van der Waals surface area contributed by atoms with Gasteiger partial charge in [-0.15, -0.1) is 0 Å². The van der Waals surface area contributed by atoms with E-state index in [-0.39, 0.29) is 17.9 Å². The number of amides is 2. The first-order valence-corrected chi connectivity index (χ1v) is 8.91. The summed E-state index contributed by atoms with van der Waals surface area (Å²) in [6, 6.07) is 13.8. The highest BCUT2D eigenvalue weighted by molar-refractivity contribution is 5.98. The average molecular weight is 338 g/mol. The maximum atomic E-state index is 12.8. The standard InChI is InChI=1S/C20H22N2O3/c23-19(17-8-7-15-4-1-2-5-16(15)14-17)21-9-11-22(12-10-21)20(24)18-6-3-13-25-18/h1-2,4-5,7-8,14,18H,3,6,9-13H2/t18-/m0/s1. The number of benzene rings is 2. The van der Waals surface area contributed by atoms with Crippen LogP contribution in [-0.2, 0) is 9.53 Å². The molecule has 2 aliphatic rings. The van der Waals surface area contributed by atoms with Gasteiger partial charge in [-0.3, -0.25) is 9.59 Å². The topological polar surface area (TPSA) is 49.9 Å². The highest BCUT2D eigenvalue weighted by Gasteiger charge is 2.31. The number of carbonyl (C=O) groups is 2. The van der Waals surface area contributed by atoms with Gasteiger partial charge in [-0.05, 0) is 35.7 Å². The number of hydrogen-bond acceptors (Lipinski definition) is 3. The van der Waals surface area contributed by atoms with Gasteiger partial charge in [0, 0.05) is 38.3 Å². The Bertz CT molecular complexity index is 790. The molecule has 0 aliphatic carbocycles. The third-order valence-electron chi connectivity index (χ3n) is 5.08. The summed E-state index contributed by atoms with van der Waals surface area (Å²) in [4.78, 5) is 28.8. The van der Waals surface area contributed by atoms with Crippen LogP contribution in [0.2, 0.25) is 0 Å². The molecule has 2 fully saturated rings. The van der Waals surface area contributed by atoms with E-state index >= 15 is 0 Å². The zero-order valence-corrected chi connectivity index (χ0v) is 14.2. The third kappa shape index (κ3) is 3.24. The molecule has 2 aromatic carbocycles. The van der Waals surface area contributed by atoms with E-state index in [1.54, 1.807) is 0 Å². The van der Waals surface area contributed by atoms with E-state index < -0.39 is 0 Å². The number of hydrogen-bond donors (Lipinski definition) is 0. The maximum absolute atomic E-state index is 12.8. The molecule has 25 heavy (non-hydrogen) atoms. The number of fused-ring (bicyclic) bond motifs is 1. The Morgan fingerprint density at radius 1 is 0.920 bits per heavy atom. The molecule has 2 aromatic rings. The van der Waals surface area contributed by atoms with Gasteiger partial charge in [0.25, 0.3) is 11.8 Å². The van der Waals surface area contributed by atoms with Crippen LogP contribution in [0, 0.1) is 0 Å². The van der Waals surface area contributed by atoms with Gasteiger partial charge >= 0.3 is 0 Å². The van der Waals surface area contributed by atoms with E-state index in [0.717, 1.165) is 23.6 Å². The lowest BCUT2D eigenvalue weighted by Gasteiger charge is -2.35. The van der Waals surface area contributed by atoms with E-state index in [1.165, 1.54) is 0 Å². The minimum Gasteiger partial charge on any atom is -0.368 e. The first-order chi connectivity index (χ1) is 12.2. The van der Waals surface area contributed by atoms with E-state index in [0.29, 0.717) is 38.3 Å². The molecular weight excluding hydrogens is 316 g/mol. The number of rotatable bonds is 2. The molecule has 2 amide bonds. The van der Waals surface area contributed by atoms with Crippen LogP contribution in [0.1, 0.15) is 23.2 Å². The fraction of sp³-hybridized carbons (Fsp3) is 0.400. The lowest BCUT2D eigenvalue weighted by atomic mass is 10.1. The van der Waals surface area contributed by atoms with Crippen molar-refractivity contribution in [2.75, 3.05) is 32.8 Å². The van der Waals surface area contributed by atoms with E-state index in [4.69, 9.17) is 4.74 Å². The third-order valence-corrected chi connectivity index (χ3v) is 5.08. The largest absolute Gasteiger partial charge is 0.368 e. The summed E-state index contributed by atoms with van der Waals surface area (Å²) in [6.07, 6.45) is 1.49. The quantitative estimate of drug-likeness (QED) is 0.844. The number of ether oxygens (including phenoxy) is 1. The van der Waals surface area contributed by atoms with Gasteiger partial charge in [0.05, 0.1) is 0 Å². The van der Waals surface area contributed by atoms with Gasteiger partial charge in [-0.1, -0.05) is 30.3 Å². The molecule has 0 spiro atoms. The van der Waals surface area contributed by atoms with Gasteiger partial charge in [0.2, 0.25) is 0 Å². The van der Waals surface area contributed by atoms with Crippen LogP contribution < -0.4 is 0 Å². The lowest BCUT2D eigenvalue weighted by Crippen LogP contribution is -2.52. The van der Waals surface area contributed by atoms with Crippen LogP contribution in [-0.4, -0.2) is 60.5 Å². The molecule has 0 N–H and O–H groups in total. The van der Waals surface area contributed by atoms with Gasteiger partial charge in [0.1, 0.15) is 6.10 Å². The zero-order valence-electron chi connectivity index (χ0n) is 14.2. The normalized spacial score (nSPS) is 20.9. The summed E-state index contributed by atoms with van der Waals surface area (Å²) in [6.45, 7) is 2.99. The Balaban J connectivity index is 1.41. The summed E-state index contributed by atoms with van der Waals surface area (Å²) >= 11 is 0. The molecule has 5 heteroatoms. The summed E-state index contributed by atoms with van der Waals surface area (Å²) in [5.74, 6) is 0.116. The Morgan fingerprint density at radius 2 is 1.64 bits per heavy atom. The van der Waals surface area contributed by atoms with Crippen LogP contribution in [0.5, 0.6) is 0 Å². The molecule has 0 saturated carbocycles. The predicted molar refractivity (Wildman–Crippen MR) is 95.4 cm³/mol. The smallest absolute Gasteiger partial charge is 0.253 e. The molecule has 2 heterocycles. The SMILES string of the molecule is O=C(c1ccc2ccccc2c1)N1CCN(C(=O)[C@@H]2CCCO2)CC1. The van der Waals surface area contributed by atoms with Crippen LogP contribution in [0.4, 0.5) is 0 Å². The Hall–Kier alpha value is -2.40. The van der Waals surface area contributed by atoms with E-state index in [2.05, 4.69) is 0 Å². The van der Waals surface area contributed by atoms with Crippen molar-refractivity contribution in [3.8, 4) is 0 Å². The summed E-state index contributed by atoms with van der Waals surface area (Å²) < 4.78 is 5.48. The van der Waals surface area contributed by atoms with Crippen molar-refractivity contribution in [2.45, 2.75) is 18.9 Å². The molecule has 130 valence electrons. The van der Waals surface area contributed by atoms with Crippen LogP contribution in [0.25, 0.3) is 10.8 Å². The Labute approximate surface area is 147 Å². The lowest BCUT2D eigenvalue weighted by molar-refractivity contribution is -0.142. The second-order valence-electron chi connectivity index (χ2n) is 6.68. The molecule has 1 atom stereocenters. The minimum atomic E-state index is -0.275. The maximum Gasteiger partial charge on any atom is 0.253 e. The van der Waals surface area contributed by atoms with Crippen molar-refractivity contribution < 1.29 is 14.3 Å². The summed E-state index contributed by atoms with van der Waals surface area (Å²) in [7, 11) is 0. The van der Waals surface area contributed by atoms with Crippen molar-refractivity contribution in [1.82, 2.24) is 9.80 Å². The summed E-state index contributed by atoms with van der Waals surface area (Å²) in [5.41, 5.74) is 0.706. The Morgan fingerprint density at radius 3 is 2.36 bits per heavy atom. The van der Waals surface area contributed by atoms with Gasteiger partial charge in [-0.2, -0.15) is 0 Å². The minimum absolute atomic E-state index is 0.0370. The second kappa shape index (κ2) is 6.84. The molecule has 0 bridgehead atoms. The van der Waals surface area contributed by atoms with E-state index in [9.17, 15) is 9.59 Å².